The highest BCUT2D eigenvalue weighted by atomic mass is 16.5. The quantitative estimate of drug-likeness (QED) is 0.865. The van der Waals surface area contributed by atoms with Crippen LogP contribution in [0.5, 0.6) is 5.75 Å². The number of rotatable bonds is 4. The summed E-state index contributed by atoms with van der Waals surface area (Å²) in [7, 11) is 1.72. The first-order chi connectivity index (χ1) is 7.99. The van der Waals surface area contributed by atoms with Crippen molar-refractivity contribution in [2.75, 3.05) is 13.7 Å². The molecule has 0 bridgehead atoms. The lowest BCUT2D eigenvalue weighted by atomic mass is 9.85. The second-order valence-electron chi connectivity index (χ2n) is 5.19. The van der Waals surface area contributed by atoms with Crippen LogP contribution in [0, 0.1) is 0 Å². The number of hydrogen-bond donors (Lipinski definition) is 1. The van der Waals surface area contributed by atoms with Crippen LogP contribution in [0.2, 0.25) is 0 Å². The van der Waals surface area contributed by atoms with E-state index in [1.54, 1.807) is 7.11 Å². The third-order valence-electron chi connectivity index (χ3n) is 2.68. The van der Waals surface area contributed by atoms with E-state index in [9.17, 15) is 0 Å². The molecule has 0 unspecified atom stereocenters. The van der Waals surface area contributed by atoms with Gasteiger partial charge in [-0.15, -0.1) is 0 Å². The molecule has 0 saturated carbocycles. The minimum atomic E-state index is 0.0864. The van der Waals surface area contributed by atoms with E-state index in [0.717, 1.165) is 12.2 Å². The molecule has 0 saturated heterocycles. The summed E-state index contributed by atoms with van der Waals surface area (Å²) in [6.45, 7) is 7.27. The molecule has 0 aromatic heterocycles. The molecule has 94 valence electrons. The van der Waals surface area contributed by atoms with E-state index in [-0.39, 0.29) is 5.41 Å². The molecule has 1 rings (SSSR count). The van der Waals surface area contributed by atoms with Crippen LogP contribution in [0.4, 0.5) is 0 Å². The zero-order valence-corrected chi connectivity index (χ0v) is 11.3. The van der Waals surface area contributed by atoms with Crippen LogP contribution >= 0.6 is 0 Å². The van der Waals surface area contributed by atoms with Gasteiger partial charge in [0, 0.05) is 5.56 Å². The molecule has 2 N–H and O–H groups in total. The number of hydrogen-bond acceptors (Lipinski definition) is 2. The lowest BCUT2D eigenvalue weighted by molar-refractivity contribution is 0.397. The van der Waals surface area contributed by atoms with Gasteiger partial charge >= 0.3 is 0 Å². The predicted octanol–water partition coefficient (Wildman–Crippen LogP) is 3.35. The van der Waals surface area contributed by atoms with Gasteiger partial charge in [0.15, 0.2) is 0 Å². The average molecular weight is 233 g/mol. The van der Waals surface area contributed by atoms with Crippen LogP contribution < -0.4 is 10.5 Å². The molecule has 17 heavy (non-hydrogen) atoms. The fourth-order valence-corrected chi connectivity index (χ4v) is 1.73. The maximum atomic E-state index is 5.47. The van der Waals surface area contributed by atoms with Crippen molar-refractivity contribution in [3.8, 4) is 5.75 Å². The van der Waals surface area contributed by atoms with Crippen molar-refractivity contribution in [2.45, 2.75) is 32.6 Å². The van der Waals surface area contributed by atoms with Crippen LogP contribution in [0.3, 0.4) is 0 Å². The zero-order valence-electron chi connectivity index (χ0n) is 11.3. The number of ether oxygens (including phenoxy) is 1. The highest BCUT2D eigenvalue weighted by Crippen LogP contribution is 2.32. The maximum Gasteiger partial charge on any atom is 0.122 e. The Morgan fingerprint density at radius 3 is 2.53 bits per heavy atom. The molecular formula is C15H23NO. The summed E-state index contributed by atoms with van der Waals surface area (Å²) < 4.78 is 5.41. The van der Waals surface area contributed by atoms with E-state index in [1.807, 2.05) is 6.07 Å². The van der Waals surface area contributed by atoms with Crippen LogP contribution in [0.1, 0.15) is 38.3 Å². The molecule has 0 aliphatic carbocycles. The summed E-state index contributed by atoms with van der Waals surface area (Å²) in [6.07, 6.45) is 5.13. The molecule has 0 aliphatic heterocycles. The van der Waals surface area contributed by atoms with Crippen LogP contribution in [0.25, 0.3) is 6.08 Å². The molecule has 2 heteroatoms. The van der Waals surface area contributed by atoms with Gasteiger partial charge in [-0.05, 0) is 36.1 Å². The summed E-state index contributed by atoms with van der Waals surface area (Å²) in [4.78, 5) is 0. The Morgan fingerprint density at radius 1 is 1.29 bits per heavy atom. The van der Waals surface area contributed by atoms with E-state index in [0.29, 0.717) is 6.54 Å². The molecular weight excluding hydrogens is 210 g/mol. The summed E-state index contributed by atoms with van der Waals surface area (Å²) in [6, 6.07) is 6.29. The van der Waals surface area contributed by atoms with Gasteiger partial charge in [-0.3, -0.25) is 0 Å². The SMILES string of the molecule is COc1ccc(/C=C/CCN)cc1C(C)(C)C. The third kappa shape index (κ3) is 3.90. The highest BCUT2D eigenvalue weighted by molar-refractivity contribution is 5.54. The Balaban J connectivity index is 3.05. The Kier molecular flexibility index (Phi) is 4.76. The number of benzene rings is 1. The summed E-state index contributed by atoms with van der Waals surface area (Å²) >= 11 is 0. The first-order valence-electron chi connectivity index (χ1n) is 6.04. The summed E-state index contributed by atoms with van der Waals surface area (Å²) in [5.41, 5.74) is 7.98. The summed E-state index contributed by atoms with van der Waals surface area (Å²) in [5, 5.41) is 0. The standard InChI is InChI=1S/C15H23NO/c1-15(2,3)13-11-12(7-5-6-10-16)8-9-14(13)17-4/h5,7-9,11H,6,10,16H2,1-4H3/b7-5+. The van der Waals surface area contributed by atoms with Gasteiger partial charge in [0.2, 0.25) is 0 Å². The number of nitrogens with two attached hydrogens (primary N) is 1. The minimum absolute atomic E-state index is 0.0864. The van der Waals surface area contributed by atoms with Crippen molar-refractivity contribution in [1.29, 1.82) is 0 Å². The van der Waals surface area contributed by atoms with Crippen molar-refractivity contribution < 1.29 is 4.74 Å². The first-order valence-corrected chi connectivity index (χ1v) is 6.04. The largest absolute Gasteiger partial charge is 0.496 e. The molecule has 0 amide bonds. The molecule has 0 fully saturated rings. The van der Waals surface area contributed by atoms with Crippen LogP contribution in [-0.4, -0.2) is 13.7 Å². The highest BCUT2D eigenvalue weighted by Gasteiger charge is 2.18. The van der Waals surface area contributed by atoms with Crippen LogP contribution in [0.15, 0.2) is 24.3 Å². The Bertz CT molecular complexity index is 388. The van der Waals surface area contributed by atoms with E-state index in [4.69, 9.17) is 10.5 Å². The van der Waals surface area contributed by atoms with Crippen molar-refractivity contribution in [1.82, 2.24) is 0 Å². The van der Waals surface area contributed by atoms with Crippen molar-refractivity contribution in [2.24, 2.45) is 5.73 Å². The van der Waals surface area contributed by atoms with Gasteiger partial charge in [-0.1, -0.05) is 39.0 Å². The van der Waals surface area contributed by atoms with Crippen molar-refractivity contribution in [3.05, 3.63) is 35.4 Å². The molecule has 1 aromatic rings. The third-order valence-corrected chi connectivity index (χ3v) is 2.68. The minimum Gasteiger partial charge on any atom is -0.496 e. The Hall–Kier alpha value is -1.28. The maximum absolute atomic E-state index is 5.47. The Labute approximate surface area is 104 Å². The van der Waals surface area contributed by atoms with Crippen molar-refractivity contribution in [3.63, 3.8) is 0 Å². The van der Waals surface area contributed by atoms with E-state index < -0.39 is 0 Å². The molecule has 2 nitrogen and oxygen atoms in total. The lowest BCUT2D eigenvalue weighted by Gasteiger charge is -2.22. The topological polar surface area (TPSA) is 35.2 Å². The van der Waals surface area contributed by atoms with Gasteiger partial charge in [0.1, 0.15) is 5.75 Å². The average Bonchev–Trinajstić information content (AvgIpc) is 2.28. The van der Waals surface area contributed by atoms with Gasteiger partial charge in [0.25, 0.3) is 0 Å². The van der Waals surface area contributed by atoms with Crippen molar-refractivity contribution >= 4 is 6.08 Å². The monoisotopic (exact) mass is 233 g/mol. The zero-order chi connectivity index (χ0) is 12.9. The molecule has 1 aromatic carbocycles. The summed E-state index contributed by atoms with van der Waals surface area (Å²) in [5.74, 6) is 0.952. The van der Waals surface area contributed by atoms with Gasteiger partial charge in [-0.2, -0.15) is 0 Å². The second kappa shape index (κ2) is 5.87. The second-order valence-corrected chi connectivity index (χ2v) is 5.19. The smallest absolute Gasteiger partial charge is 0.122 e. The fourth-order valence-electron chi connectivity index (χ4n) is 1.73. The van der Waals surface area contributed by atoms with Gasteiger partial charge < -0.3 is 10.5 Å². The van der Waals surface area contributed by atoms with Gasteiger partial charge in [0.05, 0.1) is 7.11 Å². The number of methoxy groups -OCH3 is 1. The molecule has 0 heterocycles. The molecule has 0 atom stereocenters. The van der Waals surface area contributed by atoms with E-state index in [1.165, 1.54) is 11.1 Å². The Morgan fingerprint density at radius 2 is 2.00 bits per heavy atom. The van der Waals surface area contributed by atoms with E-state index >= 15 is 0 Å². The predicted molar refractivity (Wildman–Crippen MR) is 74.4 cm³/mol. The lowest BCUT2D eigenvalue weighted by Crippen LogP contribution is -2.12. The first kappa shape index (κ1) is 13.8. The normalized spacial score (nSPS) is 12.1. The molecule has 0 aliphatic rings. The van der Waals surface area contributed by atoms with E-state index in [2.05, 4.69) is 45.1 Å². The molecule has 0 radical (unpaired) electrons. The molecule has 0 spiro atoms. The van der Waals surface area contributed by atoms with Gasteiger partial charge in [-0.25, -0.2) is 0 Å². The van der Waals surface area contributed by atoms with Crippen LogP contribution in [-0.2, 0) is 5.41 Å². The fraction of sp³-hybridized carbons (Fsp3) is 0.467.